The molecule has 0 aliphatic carbocycles. The molecule has 2 aromatic heterocycles. The third kappa shape index (κ3) is 3.25. The van der Waals surface area contributed by atoms with E-state index in [9.17, 15) is 4.79 Å². The molecule has 3 aromatic rings. The van der Waals surface area contributed by atoms with Gasteiger partial charge in [0.1, 0.15) is 5.82 Å². The van der Waals surface area contributed by atoms with Crippen molar-refractivity contribution in [1.82, 2.24) is 9.97 Å². The summed E-state index contributed by atoms with van der Waals surface area (Å²) in [6, 6.07) is 14.0. The minimum absolute atomic E-state index is 0.0899. The highest BCUT2D eigenvalue weighted by molar-refractivity contribution is 7.13. The van der Waals surface area contributed by atoms with Gasteiger partial charge in [0, 0.05) is 23.3 Å². The Kier molecular flexibility index (Phi) is 4.19. The van der Waals surface area contributed by atoms with Gasteiger partial charge in [-0.2, -0.15) is 0 Å². The Hall–Kier alpha value is -2.73. The van der Waals surface area contributed by atoms with E-state index in [1.807, 2.05) is 46.7 Å². The monoisotopic (exact) mass is 350 g/mol. The maximum atomic E-state index is 12.8. The first kappa shape index (κ1) is 15.8. The van der Waals surface area contributed by atoms with Crippen LogP contribution in [0.25, 0.3) is 0 Å². The lowest BCUT2D eigenvalue weighted by atomic mass is 10.1. The van der Waals surface area contributed by atoms with Crippen molar-refractivity contribution in [3.63, 3.8) is 0 Å². The van der Waals surface area contributed by atoms with E-state index in [-0.39, 0.29) is 11.9 Å². The van der Waals surface area contributed by atoms with Crippen molar-refractivity contribution in [2.24, 2.45) is 0 Å². The fourth-order valence-electron chi connectivity index (χ4n) is 3.18. The van der Waals surface area contributed by atoms with Gasteiger partial charge in [0.25, 0.3) is 0 Å². The van der Waals surface area contributed by atoms with Crippen molar-refractivity contribution < 1.29 is 4.79 Å². The average molecular weight is 350 g/mol. The highest BCUT2D eigenvalue weighted by Gasteiger charge is 2.30. The maximum absolute atomic E-state index is 12.8. The Bertz CT molecular complexity index is 893. The van der Waals surface area contributed by atoms with E-state index in [1.165, 1.54) is 16.9 Å². The van der Waals surface area contributed by atoms with Gasteiger partial charge in [-0.25, -0.2) is 9.97 Å². The predicted octanol–water partition coefficient (Wildman–Crippen LogP) is 3.80. The van der Waals surface area contributed by atoms with E-state index in [2.05, 4.69) is 28.3 Å². The molecule has 1 N–H and O–H groups in total. The molecule has 1 aliphatic rings. The van der Waals surface area contributed by atoms with Gasteiger partial charge in [-0.15, -0.1) is 11.3 Å². The zero-order chi connectivity index (χ0) is 17.2. The number of benzene rings is 1. The Labute approximate surface area is 150 Å². The summed E-state index contributed by atoms with van der Waals surface area (Å²) in [5.41, 5.74) is 3.05. The molecule has 126 valence electrons. The smallest absolute Gasteiger partial charge is 0.233 e. The van der Waals surface area contributed by atoms with Gasteiger partial charge in [-0.3, -0.25) is 4.79 Å². The highest BCUT2D eigenvalue weighted by atomic mass is 32.1. The number of rotatable bonds is 4. The number of amides is 1. The largest absolute Gasteiger partial charge is 0.316 e. The third-order valence-corrected chi connectivity index (χ3v) is 5.07. The fraction of sp³-hybridized carbons (Fsp3) is 0.211. The van der Waals surface area contributed by atoms with Gasteiger partial charge >= 0.3 is 0 Å². The van der Waals surface area contributed by atoms with Gasteiger partial charge in [-0.1, -0.05) is 24.3 Å². The standard InChI is InChI=1S/C19H18N4OS/c1-13-10-14-6-2-3-7-16(14)23(13)18(24)11-15-12-25-19(21-15)22-17-8-4-5-9-20-17/h2-9,12-13H,10-11H2,1H3,(H,20,21,22). The molecule has 5 nitrogen and oxygen atoms in total. The van der Waals surface area contributed by atoms with Crippen molar-refractivity contribution in [3.05, 3.63) is 65.3 Å². The first-order valence-electron chi connectivity index (χ1n) is 8.23. The number of para-hydroxylation sites is 1. The van der Waals surface area contributed by atoms with Gasteiger partial charge < -0.3 is 10.2 Å². The van der Waals surface area contributed by atoms with Gasteiger partial charge in [0.2, 0.25) is 5.91 Å². The van der Waals surface area contributed by atoms with Gasteiger partial charge in [0.05, 0.1) is 12.1 Å². The van der Waals surface area contributed by atoms with Crippen LogP contribution >= 0.6 is 11.3 Å². The summed E-state index contributed by atoms with van der Waals surface area (Å²) in [6.45, 7) is 2.09. The summed E-state index contributed by atoms with van der Waals surface area (Å²) < 4.78 is 0. The number of fused-ring (bicyclic) bond motifs is 1. The SMILES string of the molecule is CC1Cc2ccccc2N1C(=O)Cc1csc(Nc2ccccn2)n1. The number of anilines is 3. The first-order valence-corrected chi connectivity index (χ1v) is 9.11. The summed E-state index contributed by atoms with van der Waals surface area (Å²) in [5.74, 6) is 0.837. The zero-order valence-corrected chi connectivity index (χ0v) is 14.7. The van der Waals surface area contributed by atoms with Crippen molar-refractivity contribution in [3.8, 4) is 0 Å². The van der Waals surface area contributed by atoms with Crippen molar-refractivity contribution >= 4 is 33.9 Å². The Morgan fingerprint density at radius 2 is 2.12 bits per heavy atom. The van der Waals surface area contributed by atoms with Crippen molar-refractivity contribution in [2.45, 2.75) is 25.8 Å². The van der Waals surface area contributed by atoms with E-state index >= 15 is 0 Å². The Morgan fingerprint density at radius 1 is 1.28 bits per heavy atom. The molecule has 0 saturated heterocycles. The zero-order valence-electron chi connectivity index (χ0n) is 13.8. The van der Waals surface area contributed by atoms with Gasteiger partial charge in [0.15, 0.2) is 5.13 Å². The van der Waals surface area contributed by atoms with Crippen LogP contribution in [0.1, 0.15) is 18.2 Å². The van der Waals surface area contributed by atoms with E-state index in [1.54, 1.807) is 6.20 Å². The minimum Gasteiger partial charge on any atom is -0.316 e. The lowest BCUT2D eigenvalue weighted by Crippen LogP contribution is -2.36. The van der Waals surface area contributed by atoms with E-state index in [0.717, 1.165) is 28.8 Å². The van der Waals surface area contributed by atoms with Gasteiger partial charge in [-0.05, 0) is 37.1 Å². The number of nitrogens with zero attached hydrogens (tertiary/aromatic N) is 3. The molecular formula is C19H18N4OS. The lowest BCUT2D eigenvalue weighted by Gasteiger charge is -2.22. The number of pyridine rings is 1. The number of carbonyl (C=O) groups is 1. The molecular weight excluding hydrogens is 332 g/mol. The molecule has 4 rings (SSSR count). The number of aromatic nitrogens is 2. The Balaban J connectivity index is 1.47. The highest BCUT2D eigenvalue weighted by Crippen LogP contribution is 2.32. The molecule has 25 heavy (non-hydrogen) atoms. The topological polar surface area (TPSA) is 58.1 Å². The predicted molar refractivity (Wildman–Crippen MR) is 100 cm³/mol. The molecule has 0 saturated carbocycles. The molecule has 1 amide bonds. The molecule has 0 fully saturated rings. The van der Waals surface area contributed by atoms with Crippen LogP contribution in [0.2, 0.25) is 0 Å². The second-order valence-electron chi connectivity index (χ2n) is 6.11. The molecule has 0 radical (unpaired) electrons. The number of hydrogen-bond donors (Lipinski definition) is 1. The molecule has 0 spiro atoms. The van der Waals surface area contributed by atoms with Crippen molar-refractivity contribution in [1.29, 1.82) is 0 Å². The van der Waals surface area contributed by atoms with E-state index < -0.39 is 0 Å². The first-order chi connectivity index (χ1) is 12.2. The minimum atomic E-state index is 0.0899. The number of thiazole rings is 1. The van der Waals surface area contributed by atoms with Crippen LogP contribution in [-0.4, -0.2) is 21.9 Å². The molecule has 0 bridgehead atoms. The number of hydrogen-bond acceptors (Lipinski definition) is 5. The molecule has 1 atom stereocenters. The maximum Gasteiger partial charge on any atom is 0.233 e. The fourth-order valence-corrected chi connectivity index (χ4v) is 3.89. The lowest BCUT2D eigenvalue weighted by molar-refractivity contribution is -0.118. The van der Waals surface area contributed by atoms with Crippen LogP contribution in [0.3, 0.4) is 0 Å². The normalized spacial score (nSPS) is 15.9. The van der Waals surface area contributed by atoms with Crippen LogP contribution in [-0.2, 0) is 17.6 Å². The number of nitrogens with one attached hydrogen (secondary N) is 1. The van der Waals surface area contributed by atoms with Crippen LogP contribution in [0.4, 0.5) is 16.6 Å². The van der Waals surface area contributed by atoms with E-state index in [0.29, 0.717) is 6.42 Å². The summed E-state index contributed by atoms with van der Waals surface area (Å²) in [7, 11) is 0. The average Bonchev–Trinajstić information content (AvgIpc) is 3.18. The number of carbonyl (C=O) groups excluding carboxylic acids is 1. The molecule has 1 aromatic carbocycles. The molecule has 1 unspecified atom stereocenters. The summed E-state index contributed by atoms with van der Waals surface area (Å²) in [6.07, 6.45) is 2.94. The molecule has 1 aliphatic heterocycles. The van der Waals surface area contributed by atoms with Crippen molar-refractivity contribution in [2.75, 3.05) is 10.2 Å². The van der Waals surface area contributed by atoms with Crippen LogP contribution in [0.15, 0.2) is 54.0 Å². The quantitative estimate of drug-likeness (QED) is 0.777. The Morgan fingerprint density at radius 3 is 2.96 bits per heavy atom. The third-order valence-electron chi connectivity index (χ3n) is 4.26. The second-order valence-corrected chi connectivity index (χ2v) is 6.96. The summed E-state index contributed by atoms with van der Waals surface area (Å²) in [4.78, 5) is 23.5. The second kappa shape index (κ2) is 6.64. The van der Waals surface area contributed by atoms with E-state index in [4.69, 9.17) is 0 Å². The van der Waals surface area contributed by atoms with Crippen LogP contribution < -0.4 is 10.2 Å². The van der Waals surface area contributed by atoms with Crippen LogP contribution in [0.5, 0.6) is 0 Å². The summed E-state index contributed by atoms with van der Waals surface area (Å²) in [5, 5.41) is 5.84. The molecule has 6 heteroatoms. The summed E-state index contributed by atoms with van der Waals surface area (Å²) >= 11 is 1.48. The van der Waals surface area contributed by atoms with Crippen LogP contribution in [0, 0.1) is 0 Å². The molecule has 3 heterocycles.